The van der Waals surface area contributed by atoms with E-state index in [1.165, 1.54) is 0 Å². The van der Waals surface area contributed by atoms with Crippen molar-refractivity contribution in [2.24, 2.45) is 0 Å². The van der Waals surface area contributed by atoms with Crippen LogP contribution < -0.4 is 4.74 Å². The van der Waals surface area contributed by atoms with Crippen molar-refractivity contribution in [3.8, 4) is 17.2 Å². The first-order valence-corrected chi connectivity index (χ1v) is 8.30. The minimum Gasteiger partial charge on any atom is -0.485 e. The van der Waals surface area contributed by atoms with E-state index in [1.807, 2.05) is 49.4 Å². The lowest BCUT2D eigenvalue weighted by molar-refractivity contribution is 0.297. The molecule has 0 aliphatic heterocycles. The summed E-state index contributed by atoms with van der Waals surface area (Å²) < 4.78 is 13.2. The van der Waals surface area contributed by atoms with E-state index in [0.29, 0.717) is 12.5 Å². The van der Waals surface area contributed by atoms with Gasteiger partial charge in [0.2, 0.25) is 5.89 Å². The summed E-state index contributed by atoms with van der Waals surface area (Å²) in [6, 6.07) is 13.8. The maximum absolute atomic E-state index is 5.84. The van der Waals surface area contributed by atoms with E-state index in [1.54, 1.807) is 6.26 Å². The molecule has 1 heterocycles. The first kappa shape index (κ1) is 15.3. The Bertz CT molecular complexity index is 761. The molecule has 0 atom stereocenters. The summed E-state index contributed by atoms with van der Waals surface area (Å²) in [7, 11) is 0. The molecule has 0 unspecified atom stereocenters. The molecule has 0 saturated heterocycles. The van der Waals surface area contributed by atoms with Gasteiger partial charge in [-0.1, -0.05) is 18.2 Å². The van der Waals surface area contributed by atoms with Crippen molar-refractivity contribution in [3.63, 3.8) is 0 Å². The molecule has 0 fully saturated rings. The minimum atomic E-state index is 0.344. The number of aromatic nitrogens is 1. The van der Waals surface area contributed by atoms with Gasteiger partial charge in [0.25, 0.3) is 0 Å². The van der Waals surface area contributed by atoms with Crippen molar-refractivity contribution in [2.75, 3.05) is 0 Å². The molecule has 2 aromatic carbocycles. The Morgan fingerprint density at radius 2 is 1.77 bits per heavy atom. The fraction of sp³-hybridized carbons (Fsp3) is 0.118. The van der Waals surface area contributed by atoms with Gasteiger partial charge in [0, 0.05) is 5.56 Å². The highest BCUT2D eigenvalue weighted by Gasteiger charge is 2.11. The summed E-state index contributed by atoms with van der Waals surface area (Å²) in [4.78, 5) is 4.45. The van der Waals surface area contributed by atoms with E-state index < -0.39 is 0 Å². The summed E-state index contributed by atoms with van der Waals surface area (Å²) in [6.07, 6.45) is 1.62. The number of nitrogens with zero attached hydrogens (tertiary/aromatic N) is 1. The first-order chi connectivity index (χ1) is 10.6. The van der Waals surface area contributed by atoms with Crippen LogP contribution in [0.25, 0.3) is 11.5 Å². The average molecular weight is 423 g/mol. The van der Waals surface area contributed by atoms with Gasteiger partial charge in [-0.15, -0.1) is 0 Å². The third-order valence-corrected chi connectivity index (χ3v) is 4.26. The van der Waals surface area contributed by atoms with Crippen molar-refractivity contribution in [1.82, 2.24) is 4.98 Å². The number of oxazole rings is 1. The molecule has 0 bridgehead atoms. The summed E-state index contributed by atoms with van der Waals surface area (Å²) in [5.41, 5.74) is 2.85. The van der Waals surface area contributed by atoms with Crippen LogP contribution in [-0.2, 0) is 6.61 Å². The van der Waals surface area contributed by atoms with Gasteiger partial charge in [-0.05, 0) is 68.6 Å². The zero-order valence-corrected chi connectivity index (χ0v) is 15.0. The SMILES string of the molecule is Cc1cc(Br)c(OCc2coc(-c3ccccc3)n2)c(Br)c1. The molecular weight excluding hydrogens is 410 g/mol. The molecule has 1 aromatic heterocycles. The molecule has 0 amide bonds. The van der Waals surface area contributed by atoms with E-state index in [2.05, 4.69) is 36.8 Å². The van der Waals surface area contributed by atoms with E-state index in [-0.39, 0.29) is 0 Å². The molecule has 0 aliphatic carbocycles. The average Bonchev–Trinajstić information content (AvgIpc) is 2.96. The Kier molecular flexibility index (Phi) is 4.64. The molecule has 3 rings (SSSR count). The van der Waals surface area contributed by atoms with E-state index >= 15 is 0 Å². The standard InChI is InChI=1S/C17H13Br2NO2/c1-11-7-14(18)16(15(19)8-11)21-9-13-10-22-17(20-13)12-5-3-2-4-6-12/h2-8,10H,9H2,1H3. The normalized spacial score (nSPS) is 10.7. The largest absolute Gasteiger partial charge is 0.485 e. The van der Waals surface area contributed by atoms with Gasteiger partial charge in [0.1, 0.15) is 24.3 Å². The van der Waals surface area contributed by atoms with Crippen LogP contribution in [0.3, 0.4) is 0 Å². The van der Waals surface area contributed by atoms with E-state index in [0.717, 1.165) is 31.5 Å². The predicted octanol–water partition coefficient (Wildman–Crippen LogP) is 5.75. The van der Waals surface area contributed by atoms with Crippen molar-refractivity contribution in [3.05, 3.63) is 68.9 Å². The molecule has 3 aromatic rings. The topological polar surface area (TPSA) is 35.3 Å². The lowest BCUT2D eigenvalue weighted by atomic mass is 10.2. The lowest BCUT2D eigenvalue weighted by Crippen LogP contribution is -1.97. The molecule has 112 valence electrons. The Balaban J connectivity index is 1.74. The molecule has 22 heavy (non-hydrogen) atoms. The monoisotopic (exact) mass is 421 g/mol. The van der Waals surface area contributed by atoms with Crippen molar-refractivity contribution < 1.29 is 9.15 Å². The number of aryl methyl sites for hydroxylation is 1. The molecule has 0 saturated carbocycles. The Labute approximate surface area is 145 Å². The van der Waals surface area contributed by atoms with Crippen LogP contribution in [0, 0.1) is 6.92 Å². The highest BCUT2D eigenvalue weighted by atomic mass is 79.9. The second-order valence-corrected chi connectivity index (χ2v) is 6.57. The highest BCUT2D eigenvalue weighted by Crippen LogP contribution is 2.35. The van der Waals surface area contributed by atoms with Crippen LogP contribution in [0.1, 0.15) is 11.3 Å². The maximum Gasteiger partial charge on any atom is 0.226 e. The second-order valence-electron chi connectivity index (χ2n) is 4.86. The number of rotatable bonds is 4. The number of hydrogen-bond acceptors (Lipinski definition) is 3. The molecule has 0 spiro atoms. The minimum absolute atomic E-state index is 0.344. The van der Waals surface area contributed by atoms with Gasteiger partial charge in [-0.25, -0.2) is 4.98 Å². The van der Waals surface area contributed by atoms with Gasteiger partial charge in [-0.3, -0.25) is 0 Å². The Morgan fingerprint density at radius 3 is 2.45 bits per heavy atom. The van der Waals surface area contributed by atoms with Crippen LogP contribution >= 0.6 is 31.9 Å². The van der Waals surface area contributed by atoms with Crippen LogP contribution in [-0.4, -0.2) is 4.98 Å². The highest BCUT2D eigenvalue weighted by molar-refractivity contribution is 9.11. The molecule has 0 radical (unpaired) electrons. The Morgan fingerprint density at radius 1 is 1.09 bits per heavy atom. The second kappa shape index (κ2) is 6.67. The van der Waals surface area contributed by atoms with Crippen LogP contribution in [0.4, 0.5) is 0 Å². The van der Waals surface area contributed by atoms with Gasteiger partial charge < -0.3 is 9.15 Å². The molecule has 3 nitrogen and oxygen atoms in total. The van der Waals surface area contributed by atoms with Gasteiger partial charge >= 0.3 is 0 Å². The summed E-state index contributed by atoms with van der Waals surface area (Å²) in [5, 5.41) is 0. The first-order valence-electron chi connectivity index (χ1n) is 6.72. The molecule has 0 N–H and O–H groups in total. The quantitative estimate of drug-likeness (QED) is 0.536. The van der Waals surface area contributed by atoms with Crippen molar-refractivity contribution in [1.29, 1.82) is 0 Å². The van der Waals surface area contributed by atoms with Crippen LogP contribution in [0.2, 0.25) is 0 Å². The van der Waals surface area contributed by atoms with Gasteiger partial charge in [0.05, 0.1) is 8.95 Å². The third kappa shape index (κ3) is 3.42. The van der Waals surface area contributed by atoms with Crippen LogP contribution in [0.15, 0.2) is 62.1 Å². The summed E-state index contributed by atoms with van der Waals surface area (Å²) in [6.45, 7) is 2.37. The zero-order valence-electron chi connectivity index (χ0n) is 11.8. The van der Waals surface area contributed by atoms with Gasteiger partial charge in [0.15, 0.2) is 0 Å². The third-order valence-electron chi connectivity index (χ3n) is 3.08. The van der Waals surface area contributed by atoms with Crippen molar-refractivity contribution in [2.45, 2.75) is 13.5 Å². The maximum atomic E-state index is 5.84. The number of benzene rings is 2. The predicted molar refractivity (Wildman–Crippen MR) is 92.9 cm³/mol. The number of halogens is 2. The van der Waals surface area contributed by atoms with E-state index in [4.69, 9.17) is 9.15 Å². The molecular formula is C17H13Br2NO2. The lowest BCUT2D eigenvalue weighted by Gasteiger charge is -2.09. The smallest absolute Gasteiger partial charge is 0.226 e. The van der Waals surface area contributed by atoms with Crippen LogP contribution in [0.5, 0.6) is 5.75 Å². The number of hydrogen-bond donors (Lipinski definition) is 0. The van der Waals surface area contributed by atoms with E-state index in [9.17, 15) is 0 Å². The summed E-state index contributed by atoms with van der Waals surface area (Å²) >= 11 is 7.03. The fourth-order valence-electron chi connectivity index (χ4n) is 2.06. The molecule has 5 heteroatoms. The Hall–Kier alpha value is -1.59. The zero-order chi connectivity index (χ0) is 15.5. The fourth-order valence-corrected chi connectivity index (χ4v) is 3.70. The van der Waals surface area contributed by atoms with Gasteiger partial charge in [-0.2, -0.15) is 0 Å². The molecule has 0 aliphatic rings. The van der Waals surface area contributed by atoms with Crippen molar-refractivity contribution >= 4 is 31.9 Å². The number of ether oxygens (including phenoxy) is 1. The summed E-state index contributed by atoms with van der Waals surface area (Å²) in [5.74, 6) is 1.36.